The van der Waals surface area contributed by atoms with Gasteiger partial charge in [-0.2, -0.15) is 5.10 Å². The van der Waals surface area contributed by atoms with E-state index in [2.05, 4.69) is 15.4 Å². The monoisotopic (exact) mass is 340 g/mol. The summed E-state index contributed by atoms with van der Waals surface area (Å²) in [6.45, 7) is 1.62. The summed E-state index contributed by atoms with van der Waals surface area (Å²) in [5, 5.41) is 7.45. The summed E-state index contributed by atoms with van der Waals surface area (Å²) in [7, 11) is 0. The van der Waals surface area contributed by atoms with Gasteiger partial charge in [0.05, 0.1) is 12.2 Å². The van der Waals surface area contributed by atoms with E-state index < -0.39 is 13.0 Å². The van der Waals surface area contributed by atoms with Crippen LogP contribution in [0, 0.1) is 6.92 Å². The van der Waals surface area contributed by atoms with Gasteiger partial charge in [0.1, 0.15) is 5.50 Å². The molecule has 3 rings (SSSR count). The van der Waals surface area contributed by atoms with E-state index in [0.717, 1.165) is 16.8 Å². The summed E-state index contributed by atoms with van der Waals surface area (Å²) < 4.78 is 31.1. The highest BCUT2D eigenvalue weighted by Gasteiger charge is 2.17. The number of aryl methyl sites for hydroxylation is 1. The van der Waals surface area contributed by atoms with Gasteiger partial charge in [-0.05, 0) is 24.6 Å². The zero-order valence-electron chi connectivity index (χ0n) is 12.3. The van der Waals surface area contributed by atoms with Gasteiger partial charge in [-0.25, -0.2) is 13.8 Å². The lowest BCUT2D eigenvalue weighted by atomic mass is 10.2. The number of nitrogens with one attached hydrogen (secondary N) is 1. The molecular formula is C15H15ClF2N4O. The highest BCUT2D eigenvalue weighted by Crippen LogP contribution is 2.25. The molecule has 8 heteroatoms. The lowest BCUT2D eigenvalue weighted by Gasteiger charge is -2.11. The average molecular weight is 341 g/mol. The topological polar surface area (TPSA) is 52.0 Å². The minimum absolute atomic E-state index is 0.224. The van der Waals surface area contributed by atoms with Crippen LogP contribution >= 0.6 is 11.6 Å². The van der Waals surface area contributed by atoms with E-state index in [0.29, 0.717) is 12.1 Å². The normalized spacial score (nSPS) is 16.3. The van der Waals surface area contributed by atoms with Crippen molar-refractivity contribution >= 4 is 17.7 Å². The van der Waals surface area contributed by atoms with Crippen LogP contribution in [0.25, 0.3) is 6.08 Å². The summed E-state index contributed by atoms with van der Waals surface area (Å²) in [5.74, 6) is 0.224. The molecule has 0 amide bonds. The third-order valence-electron chi connectivity index (χ3n) is 3.35. The van der Waals surface area contributed by atoms with Gasteiger partial charge in [-0.15, -0.1) is 0 Å². The quantitative estimate of drug-likeness (QED) is 0.671. The Morgan fingerprint density at radius 2 is 2.30 bits per heavy atom. The number of ether oxygens (including phenoxy) is 1. The third kappa shape index (κ3) is 3.61. The highest BCUT2D eigenvalue weighted by molar-refractivity contribution is 6.21. The largest absolute Gasteiger partial charge is 0.471 e. The molecule has 2 aromatic heterocycles. The Balaban J connectivity index is 1.73. The van der Waals surface area contributed by atoms with Gasteiger partial charge in [-0.1, -0.05) is 11.6 Å². The van der Waals surface area contributed by atoms with Gasteiger partial charge in [0, 0.05) is 29.7 Å². The number of nitrogens with zero attached hydrogens (tertiary/aromatic N) is 3. The summed E-state index contributed by atoms with van der Waals surface area (Å²) in [6, 6.07) is 1.85. The fourth-order valence-electron chi connectivity index (χ4n) is 2.35. The molecule has 0 aliphatic carbocycles. The van der Waals surface area contributed by atoms with E-state index in [4.69, 9.17) is 16.3 Å². The van der Waals surface area contributed by atoms with Gasteiger partial charge in [0.2, 0.25) is 5.88 Å². The number of hydrogen-bond donors (Lipinski definition) is 1. The van der Waals surface area contributed by atoms with Crippen molar-refractivity contribution in [3.63, 3.8) is 0 Å². The smallest absolute Gasteiger partial charge is 0.272 e. The molecular weight excluding hydrogens is 326 g/mol. The van der Waals surface area contributed by atoms with Crippen molar-refractivity contribution in [3.8, 4) is 5.88 Å². The van der Waals surface area contributed by atoms with Crippen LogP contribution in [0.15, 0.2) is 24.7 Å². The first kappa shape index (κ1) is 15.7. The SMILES string of the molecule is Cc1cc(Cn2cc3c(n2)C=CNC3Cl)cnc1OCC(F)F. The second-order valence-corrected chi connectivity index (χ2v) is 5.63. The number of fused-ring (bicyclic) bond motifs is 1. The maximum atomic E-state index is 12.2. The number of rotatable bonds is 5. The molecule has 2 aromatic rings. The van der Waals surface area contributed by atoms with Gasteiger partial charge in [0.25, 0.3) is 6.43 Å². The molecule has 0 saturated heterocycles. The van der Waals surface area contributed by atoms with Crippen molar-refractivity contribution in [3.05, 3.63) is 47.0 Å². The van der Waals surface area contributed by atoms with Crippen LogP contribution < -0.4 is 10.1 Å². The van der Waals surface area contributed by atoms with Crippen molar-refractivity contribution < 1.29 is 13.5 Å². The molecule has 1 atom stereocenters. The molecule has 23 heavy (non-hydrogen) atoms. The number of alkyl halides is 3. The summed E-state index contributed by atoms with van der Waals surface area (Å²) in [6.07, 6.45) is 4.57. The van der Waals surface area contributed by atoms with Crippen LogP contribution in [-0.2, 0) is 6.54 Å². The van der Waals surface area contributed by atoms with E-state index in [1.54, 1.807) is 24.0 Å². The average Bonchev–Trinajstić information content (AvgIpc) is 2.90. The Kier molecular flexibility index (Phi) is 4.47. The standard InChI is InChI=1S/C15H15ClF2N4O/c1-9-4-10(5-20-15(9)23-8-13(17)18)6-22-7-11-12(21-22)2-3-19-14(11)16/h2-5,7,13-14,19H,6,8H2,1H3. The Morgan fingerprint density at radius 3 is 3.00 bits per heavy atom. The molecule has 0 fully saturated rings. The lowest BCUT2D eigenvalue weighted by molar-refractivity contribution is 0.0792. The molecule has 5 nitrogen and oxygen atoms in total. The Bertz CT molecular complexity index is 732. The molecule has 0 spiro atoms. The second kappa shape index (κ2) is 6.54. The molecule has 122 valence electrons. The number of aromatic nitrogens is 3. The maximum absolute atomic E-state index is 12.2. The van der Waals surface area contributed by atoms with Crippen molar-refractivity contribution in [2.75, 3.05) is 6.61 Å². The Hall–Kier alpha value is -2.15. The first-order valence-electron chi connectivity index (χ1n) is 7.03. The van der Waals surface area contributed by atoms with Crippen LogP contribution in [0.5, 0.6) is 5.88 Å². The summed E-state index contributed by atoms with van der Waals surface area (Å²) in [5.41, 5.74) is 3.04. The summed E-state index contributed by atoms with van der Waals surface area (Å²) in [4.78, 5) is 4.09. The van der Waals surface area contributed by atoms with Gasteiger partial charge < -0.3 is 10.1 Å². The van der Waals surface area contributed by atoms with Crippen molar-refractivity contribution in [1.29, 1.82) is 0 Å². The van der Waals surface area contributed by atoms with Gasteiger partial charge in [-0.3, -0.25) is 4.68 Å². The van der Waals surface area contributed by atoms with E-state index in [9.17, 15) is 8.78 Å². The zero-order chi connectivity index (χ0) is 16.4. The maximum Gasteiger partial charge on any atom is 0.272 e. The molecule has 1 unspecified atom stereocenters. The first-order chi connectivity index (χ1) is 11.0. The number of pyridine rings is 1. The van der Waals surface area contributed by atoms with Crippen molar-refractivity contribution in [1.82, 2.24) is 20.1 Å². The van der Waals surface area contributed by atoms with Gasteiger partial charge >= 0.3 is 0 Å². The molecule has 0 radical (unpaired) electrons. The third-order valence-corrected chi connectivity index (χ3v) is 3.72. The van der Waals surface area contributed by atoms with E-state index in [-0.39, 0.29) is 11.4 Å². The van der Waals surface area contributed by atoms with Gasteiger partial charge in [0.15, 0.2) is 6.61 Å². The molecule has 0 bridgehead atoms. The molecule has 1 N–H and O–H groups in total. The Labute approximate surface area is 136 Å². The van der Waals surface area contributed by atoms with Crippen LogP contribution in [-0.4, -0.2) is 27.8 Å². The summed E-state index contributed by atoms with van der Waals surface area (Å²) >= 11 is 6.16. The number of hydrogen-bond acceptors (Lipinski definition) is 4. The number of halogens is 3. The molecule has 1 aliphatic rings. The molecule has 3 heterocycles. The van der Waals surface area contributed by atoms with Crippen molar-refractivity contribution in [2.45, 2.75) is 25.4 Å². The second-order valence-electron chi connectivity index (χ2n) is 5.20. The Morgan fingerprint density at radius 1 is 1.48 bits per heavy atom. The molecule has 1 aliphatic heterocycles. The van der Waals surface area contributed by atoms with E-state index in [1.165, 1.54) is 0 Å². The first-order valence-corrected chi connectivity index (χ1v) is 7.47. The van der Waals surface area contributed by atoms with E-state index >= 15 is 0 Å². The lowest BCUT2D eigenvalue weighted by Crippen LogP contribution is -2.12. The fraction of sp³-hybridized carbons (Fsp3) is 0.333. The van der Waals surface area contributed by atoms with Crippen LogP contribution in [0.2, 0.25) is 0 Å². The van der Waals surface area contributed by atoms with Crippen molar-refractivity contribution in [2.24, 2.45) is 0 Å². The van der Waals surface area contributed by atoms with Crippen LogP contribution in [0.3, 0.4) is 0 Å². The molecule has 0 saturated carbocycles. The minimum atomic E-state index is -2.52. The highest BCUT2D eigenvalue weighted by atomic mass is 35.5. The minimum Gasteiger partial charge on any atom is -0.471 e. The zero-order valence-corrected chi connectivity index (χ0v) is 13.1. The predicted octanol–water partition coefficient (Wildman–Crippen LogP) is 3.09. The molecule has 0 aromatic carbocycles. The predicted molar refractivity (Wildman–Crippen MR) is 82.6 cm³/mol. The van der Waals surface area contributed by atoms with Crippen LogP contribution in [0.1, 0.15) is 27.9 Å². The van der Waals surface area contributed by atoms with E-state index in [1.807, 2.05) is 18.3 Å². The van der Waals surface area contributed by atoms with Crippen LogP contribution in [0.4, 0.5) is 8.78 Å². The fourth-order valence-corrected chi connectivity index (χ4v) is 2.59.